The standard InChI is InChI=1S/C15H19NO6S/c1-21-12-4-3-11(8-14(17)18)7-13(12)23(19,20)16-9-15(10-16)5-2-6-22-15/h3-4,7H,2,5-6,8-10H2,1H3,(H,17,18). The van der Waals surface area contributed by atoms with Crippen molar-refractivity contribution in [3.63, 3.8) is 0 Å². The summed E-state index contributed by atoms with van der Waals surface area (Å²) >= 11 is 0. The molecule has 2 aliphatic rings. The van der Waals surface area contributed by atoms with E-state index >= 15 is 0 Å². The van der Waals surface area contributed by atoms with Crippen LogP contribution in [0.3, 0.4) is 0 Å². The number of carbonyl (C=O) groups is 1. The highest BCUT2D eigenvalue weighted by molar-refractivity contribution is 7.89. The summed E-state index contributed by atoms with van der Waals surface area (Å²) in [5.41, 5.74) is 0.0862. The summed E-state index contributed by atoms with van der Waals surface area (Å²) in [5.74, 6) is -0.798. The molecule has 0 saturated carbocycles. The van der Waals surface area contributed by atoms with E-state index in [9.17, 15) is 13.2 Å². The van der Waals surface area contributed by atoms with E-state index in [0.717, 1.165) is 12.8 Å². The van der Waals surface area contributed by atoms with Crippen molar-refractivity contribution < 1.29 is 27.8 Å². The van der Waals surface area contributed by atoms with Crippen LogP contribution in [0, 0.1) is 0 Å². The fourth-order valence-corrected chi connectivity index (χ4v) is 4.91. The normalized spacial score (nSPS) is 20.4. The predicted octanol–water partition coefficient (Wildman–Crippen LogP) is 0.876. The molecule has 0 aliphatic carbocycles. The van der Waals surface area contributed by atoms with Gasteiger partial charge in [0.2, 0.25) is 10.0 Å². The van der Waals surface area contributed by atoms with Gasteiger partial charge >= 0.3 is 5.97 Å². The van der Waals surface area contributed by atoms with Crippen LogP contribution in [0.5, 0.6) is 5.75 Å². The quantitative estimate of drug-likeness (QED) is 0.854. The number of sulfonamides is 1. The molecule has 126 valence electrons. The largest absolute Gasteiger partial charge is 0.495 e. The SMILES string of the molecule is COc1ccc(CC(=O)O)cc1S(=O)(=O)N1CC2(CCCO2)C1. The third-order valence-electron chi connectivity index (χ3n) is 4.32. The van der Waals surface area contributed by atoms with E-state index in [-0.39, 0.29) is 22.7 Å². The number of benzene rings is 1. The van der Waals surface area contributed by atoms with Crippen LogP contribution in [0.4, 0.5) is 0 Å². The average Bonchev–Trinajstić information content (AvgIpc) is 2.95. The molecule has 1 aromatic rings. The topological polar surface area (TPSA) is 93.1 Å². The molecule has 8 heteroatoms. The van der Waals surface area contributed by atoms with Crippen LogP contribution in [0.15, 0.2) is 23.1 Å². The molecule has 0 bridgehead atoms. The van der Waals surface area contributed by atoms with Gasteiger partial charge in [0.25, 0.3) is 0 Å². The number of rotatable bonds is 5. The molecule has 0 unspecified atom stereocenters. The molecule has 1 N–H and O–H groups in total. The molecule has 23 heavy (non-hydrogen) atoms. The lowest BCUT2D eigenvalue weighted by Gasteiger charge is -2.45. The van der Waals surface area contributed by atoms with Crippen molar-refractivity contribution in [2.75, 3.05) is 26.8 Å². The molecule has 1 spiro atoms. The van der Waals surface area contributed by atoms with Gasteiger partial charge in [-0.2, -0.15) is 4.31 Å². The predicted molar refractivity (Wildman–Crippen MR) is 81.0 cm³/mol. The Bertz CT molecular complexity index is 715. The Hall–Kier alpha value is -1.64. The van der Waals surface area contributed by atoms with Crippen molar-refractivity contribution in [3.05, 3.63) is 23.8 Å². The Labute approximate surface area is 134 Å². The van der Waals surface area contributed by atoms with Gasteiger partial charge in [-0.15, -0.1) is 0 Å². The number of ether oxygens (including phenoxy) is 2. The minimum Gasteiger partial charge on any atom is -0.495 e. The number of nitrogens with zero attached hydrogens (tertiary/aromatic N) is 1. The van der Waals surface area contributed by atoms with Crippen LogP contribution < -0.4 is 4.74 Å². The van der Waals surface area contributed by atoms with Crippen molar-refractivity contribution in [2.24, 2.45) is 0 Å². The monoisotopic (exact) mass is 341 g/mol. The lowest BCUT2D eigenvalue weighted by atomic mass is 9.94. The third kappa shape index (κ3) is 2.93. The summed E-state index contributed by atoms with van der Waals surface area (Å²) in [5, 5.41) is 8.89. The molecule has 3 rings (SSSR count). The second-order valence-corrected chi connectivity index (χ2v) is 7.87. The van der Waals surface area contributed by atoms with Crippen LogP contribution >= 0.6 is 0 Å². The maximum absolute atomic E-state index is 12.8. The fourth-order valence-electron chi connectivity index (χ4n) is 3.12. The number of carboxylic acids is 1. The Balaban J connectivity index is 1.88. The number of aliphatic carboxylic acids is 1. The summed E-state index contributed by atoms with van der Waals surface area (Å²) in [4.78, 5) is 10.9. The van der Waals surface area contributed by atoms with Gasteiger partial charge in [0.05, 0.1) is 19.1 Å². The number of carboxylic acid groups (broad SMARTS) is 1. The number of hydrogen-bond donors (Lipinski definition) is 1. The minimum absolute atomic E-state index is 0.00611. The first kappa shape index (κ1) is 16.2. The number of methoxy groups -OCH3 is 1. The zero-order chi connectivity index (χ0) is 16.7. The summed E-state index contributed by atoms with van der Waals surface area (Å²) in [6.07, 6.45) is 1.58. The molecular weight excluding hydrogens is 322 g/mol. The minimum atomic E-state index is -3.73. The van der Waals surface area contributed by atoms with Gasteiger partial charge in [-0.1, -0.05) is 6.07 Å². The summed E-state index contributed by atoms with van der Waals surface area (Å²) < 4.78 is 37.8. The van der Waals surface area contributed by atoms with Gasteiger partial charge in [0, 0.05) is 19.7 Å². The maximum atomic E-state index is 12.8. The molecule has 1 aromatic carbocycles. The molecule has 0 amide bonds. The van der Waals surface area contributed by atoms with Crippen LogP contribution in [0.2, 0.25) is 0 Å². The van der Waals surface area contributed by atoms with Crippen molar-refractivity contribution in [1.82, 2.24) is 4.31 Å². The van der Waals surface area contributed by atoms with Crippen molar-refractivity contribution in [1.29, 1.82) is 0 Å². The average molecular weight is 341 g/mol. The fraction of sp³-hybridized carbons (Fsp3) is 0.533. The zero-order valence-electron chi connectivity index (χ0n) is 12.8. The van der Waals surface area contributed by atoms with Gasteiger partial charge in [0.1, 0.15) is 10.6 Å². The Morgan fingerprint density at radius 1 is 1.43 bits per heavy atom. The molecule has 2 fully saturated rings. The number of hydrogen-bond acceptors (Lipinski definition) is 5. The van der Waals surface area contributed by atoms with E-state index in [0.29, 0.717) is 25.3 Å². The lowest BCUT2D eigenvalue weighted by molar-refractivity contribution is -0.136. The first-order valence-corrected chi connectivity index (χ1v) is 8.83. The highest BCUT2D eigenvalue weighted by Crippen LogP contribution is 2.39. The van der Waals surface area contributed by atoms with E-state index in [2.05, 4.69) is 0 Å². The van der Waals surface area contributed by atoms with Gasteiger partial charge in [-0.25, -0.2) is 8.42 Å². The lowest BCUT2D eigenvalue weighted by Crippen LogP contribution is -2.62. The van der Waals surface area contributed by atoms with Gasteiger partial charge in [-0.05, 0) is 30.5 Å². The Morgan fingerprint density at radius 2 is 2.17 bits per heavy atom. The van der Waals surface area contributed by atoms with E-state index in [1.54, 1.807) is 6.07 Å². The van der Waals surface area contributed by atoms with Crippen LogP contribution in [0.1, 0.15) is 18.4 Å². The Kier molecular flexibility index (Phi) is 4.07. The van der Waals surface area contributed by atoms with Gasteiger partial charge in [-0.3, -0.25) is 4.79 Å². The third-order valence-corrected chi connectivity index (χ3v) is 6.13. The maximum Gasteiger partial charge on any atom is 0.307 e. The van der Waals surface area contributed by atoms with E-state index < -0.39 is 16.0 Å². The molecule has 2 saturated heterocycles. The van der Waals surface area contributed by atoms with Crippen molar-refractivity contribution >= 4 is 16.0 Å². The van der Waals surface area contributed by atoms with E-state index in [1.165, 1.54) is 23.5 Å². The molecule has 0 radical (unpaired) electrons. The first-order valence-electron chi connectivity index (χ1n) is 7.39. The molecular formula is C15H19NO6S. The van der Waals surface area contributed by atoms with Crippen LogP contribution in [-0.4, -0.2) is 56.2 Å². The van der Waals surface area contributed by atoms with Crippen molar-refractivity contribution in [2.45, 2.75) is 29.8 Å². The second-order valence-electron chi connectivity index (χ2n) is 5.96. The van der Waals surface area contributed by atoms with Gasteiger partial charge < -0.3 is 14.6 Å². The van der Waals surface area contributed by atoms with Gasteiger partial charge in [0.15, 0.2) is 0 Å². The van der Waals surface area contributed by atoms with Crippen LogP contribution in [-0.2, 0) is 26.0 Å². The molecule has 0 atom stereocenters. The Morgan fingerprint density at radius 3 is 2.74 bits per heavy atom. The van der Waals surface area contributed by atoms with E-state index in [1.807, 2.05) is 0 Å². The summed E-state index contributed by atoms with van der Waals surface area (Å²) in [7, 11) is -2.34. The second kappa shape index (κ2) is 5.77. The van der Waals surface area contributed by atoms with E-state index in [4.69, 9.17) is 14.6 Å². The highest BCUT2D eigenvalue weighted by Gasteiger charge is 2.51. The zero-order valence-corrected chi connectivity index (χ0v) is 13.6. The van der Waals surface area contributed by atoms with Crippen LogP contribution in [0.25, 0.3) is 0 Å². The molecule has 2 aliphatic heterocycles. The molecule has 7 nitrogen and oxygen atoms in total. The molecule has 0 aromatic heterocycles. The summed E-state index contributed by atoms with van der Waals surface area (Å²) in [6.45, 7) is 1.34. The molecule has 2 heterocycles. The highest BCUT2D eigenvalue weighted by atomic mass is 32.2. The first-order chi connectivity index (χ1) is 10.9. The summed E-state index contributed by atoms with van der Waals surface area (Å²) in [6, 6.07) is 4.43. The van der Waals surface area contributed by atoms with Crippen molar-refractivity contribution in [3.8, 4) is 5.75 Å². The smallest absolute Gasteiger partial charge is 0.307 e.